The molecule has 0 N–H and O–H groups in total. The van der Waals surface area contributed by atoms with Gasteiger partial charge in [-0.05, 0) is 11.6 Å². The topological polar surface area (TPSA) is 120 Å². The third kappa shape index (κ3) is 2.98. The van der Waals surface area contributed by atoms with Gasteiger partial charge < -0.3 is 18.9 Å². The van der Waals surface area contributed by atoms with E-state index in [0.29, 0.717) is 0 Å². The van der Waals surface area contributed by atoms with Crippen LogP contribution in [-0.4, -0.2) is 40.4 Å². The third-order valence-corrected chi connectivity index (χ3v) is 2.58. The number of esters is 2. The van der Waals surface area contributed by atoms with Crippen LogP contribution in [0.5, 0.6) is 11.5 Å². The minimum Gasteiger partial charge on any atom is -0.493 e. The van der Waals surface area contributed by atoms with Gasteiger partial charge in [0.2, 0.25) is 0 Å². The maximum atomic E-state index is 11.9. The van der Waals surface area contributed by atoms with Gasteiger partial charge in [-0.1, -0.05) is 5.11 Å². The molecule has 0 saturated heterocycles. The first kappa shape index (κ1) is 16.1. The molecule has 1 aromatic rings. The summed E-state index contributed by atoms with van der Waals surface area (Å²) >= 11 is 0. The number of ether oxygens (including phenoxy) is 4. The maximum absolute atomic E-state index is 11.9. The van der Waals surface area contributed by atoms with Gasteiger partial charge in [0.25, 0.3) is 0 Å². The summed E-state index contributed by atoms with van der Waals surface area (Å²) < 4.78 is 19.3. The smallest absolute Gasteiger partial charge is 0.339 e. The van der Waals surface area contributed by atoms with Crippen LogP contribution in [0.3, 0.4) is 0 Å². The minimum atomic E-state index is -0.876. The third-order valence-electron chi connectivity index (χ3n) is 2.58. The van der Waals surface area contributed by atoms with Gasteiger partial charge in [-0.25, -0.2) is 9.59 Å². The van der Waals surface area contributed by atoms with Crippen LogP contribution in [0.2, 0.25) is 0 Å². The van der Waals surface area contributed by atoms with Gasteiger partial charge in [0.05, 0.1) is 45.3 Å². The summed E-state index contributed by atoms with van der Waals surface area (Å²) in [5.41, 5.74) is 8.02. The van der Waals surface area contributed by atoms with Crippen LogP contribution in [0.25, 0.3) is 10.4 Å². The summed E-state index contributed by atoms with van der Waals surface area (Å²) in [6.45, 7) is 0. The number of benzene rings is 1. The van der Waals surface area contributed by atoms with Crippen LogP contribution in [-0.2, 0) is 9.47 Å². The molecular formula is C12H13N3O6. The highest BCUT2D eigenvalue weighted by Gasteiger charge is 2.28. The molecule has 0 aliphatic carbocycles. The van der Waals surface area contributed by atoms with Gasteiger partial charge in [0.15, 0.2) is 11.5 Å². The quantitative estimate of drug-likeness (QED) is 0.355. The molecule has 0 spiro atoms. The minimum absolute atomic E-state index is 0.00310. The fourth-order valence-electron chi connectivity index (χ4n) is 1.70. The van der Waals surface area contributed by atoms with Crippen molar-refractivity contribution in [3.8, 4) is 11.5 Å². The van der Waals surface area contributed by atoms with Crippen molar-refractivity contribution in [3.63, 3.8) is 0 Å². The Bertz CT molecular complexity index is 622. The Hall–Kier alpha value is -2.93. The van der Waals surface area contributed by atoms with Crippen molar-refractivity contribution in [1.82, 2.24) is 0 Å². The Morgan fingerprint density at radius 2 is 1.71 bits per heavy atom. The van der Waals surface area contributed by atoms with E-state index in [2.05, 4.69) is 19.5 Å². The van der Waals surface area contributed by atoms with Crippen molar-refractivity contribution in [3.05, 3.63) is 27.6 Å². The van der Waals surface area contributed by atoms with E-state index >= 15 is 0 Å². The molecule has 0 heterocycles. The predicted octanol–water partition coefficient (Wildman–Crippen LogP) is 2.22. The van der Waals surface area contributed by atoms with Crippen LogP contribution in [0.4, 0.5) is 5.69 Å². The van der Waals surface area contributed by atoms with Crippen molar-refractivity contribution in [2.24, 2.45) is 5.11 Å². The predicted molar refractivity (Wildman–Crippen MR) is 71.0 cm³/mol. The Morgan fingerprint density at radius 1 is 1.10 bits per heavy atom. The van der Waals surface area contributed by atoms with Crippen molar-refractivity contribution in [1.29, 1.82) is 0 Å². The zero-order chi connectivity index (χ0) is 16.0. The molecule has 0 aromatic heterocycles. The van der Waals surface area contributed by atoms with E-state index in [0.717, 1.165) is 14.2 Å². The number of rotatable bonds is 5. The monoisotopic (exact) mass is 295 g/mol. The first-order valence-corrected chi connectivity index (χ1v) is 5.56. The largest absolute Gasteiger partial charge is 0.493 e. The SMILES string of the molecule is COC(=O)c1cc(OC)c(OC)c(N=[N+]=[N-])c1C(=O)OC. The molecule has 1 aromatic carbocycles. The van der Waals surface area contributed by atoms with Gasteiger partial charge in [-0.15, -0.1) is 0 Å². The molecule has 0 radical (unpaired) electrons. The molecule has 0 atom stereocenters. The zero-order valence-corrected chi connectivity index (χ0v) is 11.9. The van der Waals surface area contributed by atoms with Crippen LogP contribution >= 0.6 is 0 Å². The van der Waals surface area contributed by atoms with Gasteiger partial charge in [-0.3, -0.25) is 0 Å². The molecule has 0 saturated carbocycles. The molecule has 0 aliphatic heterocycles. The molecule has 9 nitrogen and oxygen atoms in total. The standard InChI is InChI=1S/C12H13N3O6/c1-18-7-5-6(11(16)20-3)8(12(17)21-4)9(14-15-13)10(7)19-2/h5H,1-4H3. The second-order valence-corrected chi connectivity index (χ2v) is 3.56. The van der Waals surface area contributed by atoms with Crippen LogP contribution < -0.4 is 9.47 Å². The molecule has 0 aliphatic rings. The van der Waals surface area contributed by atoms with E-state index < -0.39 is 11.9 Å². The van der Waals surface area contributed by atoms with Crippen molar-refractivity contribution < 1.29 is 28.5 Å². The maximum Gasteiger partial charge on any atom is 0.339 e. The van der Waals surface area contributed by atoms with Crippen LogP contribution in [0.15, 0.2) is 11.2 Å². The molecule has 0 bridgehead atoms. The summed E-state index contributed by atoms with van der Waals surface area (Å²) in [6.07, 6.45) is 0. The number of hydrogen-bond donors (Lipinski definition) is 0. The van der Waals surface area contributed by atoms with Crippen LogP contribution in [0, 0.1) is 0 Å². The van der Waals surface area contributed by atoms with Crippen LogP contribution in [0.1, 0.15) is 20.7 Å². The Labute approximate surface area is 120 Å². The van der Waals surface area contributed by atoms with Gasteiger partial charge in [0.1, 0.15) is 0 Å². The fourth-order valence-corrected chi connectivity index (χ4v) is 1.70. The highest BCUT2D eigenvalue weighted by molar-refractivity contribution is 6.08. The van der Waals surface area contributed by atoms with Gasteiger partial charge in [0, 0.05) is 4.91 Å². The number of azide groups is 1. The number of carbonyl (C=O) groups is 2. The van der Waals surface area contributed by atoms with Crippen molar-refractivity contribution in [2.75, 3.05) is 28.4 Å². The molecule has 112 valence electrons. The van der Waals surface area contributed by atoms with E-state index in [-0.39, 0.29) is 28.3 Å². The highest BCUT2D eigenvalue weighted by Crippen LogP contribution is 2.42. The van der Waals surface area contributed by atoms with E-state index in [9.17, 15) is 9.59 Å². The average molecular weight is 295 g/mol. The summed E-state index contributed by atoms with van der Waals surface area (Å²) in [4.78, 5) is 26.3. The van der Waals surface area contributed by atoms with Crippen molar-refractivity contribution >= 4 is 17.6 Å². The number of methoxy groups -OCH3 is 4. The molecule has 21 heavy (non-hydrogen) atoms. The van der Waals surface area contributed by atoms with E-state index in [1.165, 1.54) is 20.3 Å². The molecule has 0 fully saturated rings. The Balaban J connectivity index is 3.87. The first-order valence-electron chi connectivity index (χ1n) is 5.56. The normalized spacial score (nSPS) is 9.33. The Morgan fingerprint density at radius 3 is 2.14 bits per heavy atom. The second-order valence-electron chi connectivity index (χ2n) is 3.56. The highest BCUT2D eigenvalue weighted by atomic mass is 16.5. The summed E-state index contributed by atoms with van der Waals surface area (Å²) in [7, 11) is 4.90. The molecular weight excluding hydrogens is 282 g/mol. The first-order chi connectivity index (χ1) is 10.0. The summed E-state index contributed by atoms with van der Waals surface area (Å²) in [6, 6.07) is 1.24. The molecule has 0 unspecified atom stereocenters. The molecule has 1 rings (SSSR count). The lowest BCUT2D eigenvalue weighted by Crippen LogP contribution is -2.13. The van der Waals surface area contributed by atoms with Crippen molar-refractivity contribution in [2.45, 2.75) is 0 Å². The summed E-state index contributed by atoms with van der Waals surface area (Å²) in [5, 5.41) is 3.40. The van der Waals surface area contributed by atoms with E-state index in [4.69, 9.17) is 15.0 Å². The zero-order valence-electron chi connectivity index (χ0n) is 11.9. The summed E-state index contributed by atoms with van der Waals surface area (Å²) in [5.74, 6) is -1.58. The second kappa shape index (κ2) is 7.01. The van der Waals surface area contributed by atoms with E-state index in [1.54, 1.807) is 0 Å². The molecule has 0 amide bonds. The Kier molecular flexibility index (Phi) is 5.39. The lowest BCUT2D eigenvalue weighted by atomic mass is 10.0. The number of hydrogen-bond acceptors (Lipinski definition) is 7. The number of carbonyl (C=O) groups excluding carboxylic acids is 2. The fraction of sp³-hybridized carbons (Fsp3) is 0.333. The number of nitrogens with zero attached hydrogens (tertiary/aromatic N) is 3. The lowest BCUT2D eigenvalue weighted by molar-refractivity contribution is 0.0555. The van der Waals surface area contributed by atoms with Gasteiger partial charge in [-0.2, -0.15) is 0 Å². The van der Waals surface area contributed by atoms with E-state index in [1.807, 2.05) is 0 Å². The molecule has 9 heteroatoms. The lowest BCUT2D eigenvalue weighted by Gasteiger charge is -2.15. The van der Waals surface area contributed by atoms with Gasteiger partial charge >= 0.3 is 11.9 Å². The average Bonchev–Trinajstić information content (AvgIpc) is 2.52.